The fourth-order valence-electron chi connectivity index (χ4n) is 3.76. The molecule has 5 nitrogen and oxygen atoms in total. The molecule has 0 saturated carbocycles. The van der Waals surface area contributed by atoms with Gasteiger partial charge in [0.2, 0.25) is 5.91 Å². The van der Waals surface area contributed by atoms with E-state index in [1.54, 1.807) is 6.20 Å². The van der Waals surface area contributed by atoms with Crippen molar-refractivity contribution in [2.75, 3.05) is 31.1 Å². The number of rotatable bonds is 5. The topological polar surface area (TPSA) is 49.6 Å². The molecule has 1 fully saturated rings. The Morgan fingerprint density at radius 1 is 1.00 bits per heavy atom. The molecule has 0 radical (unpaired) electrons. The Bertz CT molecular complexity index is 970. The van der Waals surface area contributed by atoms with E-state index in [0.717, 1.165) is 37.5 Å². The van der Waals surface area contributed by atoms with Gasteiger partial charge in [0.15, 0.2) is 11.7 Å². The Balaban J connectivity index is 1.29. The molecule has 1 saturated heterocycles. The van der Waals surface area contributed by atoms with Gasteiger partial charge < -0.3 is 14.2 Å². The van der Waals surface area contributed by atoms with Gasteiger partial charge in [0.1, 0.15) is 0 Å². The van der Waals surface area contributed by atoms with E-state index in [2.05, 4.69) is 60.1 Å². The third-order valence-electron chi connectivity index (χ3n) is 5.53. The maximum Gasteiger partial charge on any atom is 0.223 e. The van der Waals surface area contributed by atoms with Crippen molar-refractivity contribution in [3.63, 3.8) is 0 Å². The predicted octanol–water partition coefficient (Wildman–Crippen LogP) is 4.24. The summed E-state index contributed by atoms with van der Waals surface area (Å²) in [5.74, 6) is 1.54. The van der Waals surface area contributed by atoms with E-state index >= 15 is 0 Å². The number of benzene rings is 2. The summed E-state index contributed by atoms with van der Waals surface area (Å²) >= 11 is 0. The summed E-state index contributed by atoms with van der Waals surface area (Å²) in [5.41, 5.74) is 4.76. The smallest absolute Gasteiger partial charge is 0.223 e. The highest BCUT2D eigenvalue weighted by atomic mass is 16.4. The van der Waals surface area contributed by atoms with E-state index in [9.17, 15) is 4.79 Å². The summed E-state index contributed by atoms with van der Waals surface area (Å²) in [4.78, 5) is 21.3. The van der Waals surface area contributed by atoms with Gasteiger partial charge in [-0.1, -0.05) is 48.0 Å². The molecular weight excluding hydrogens is 362 g/mol. The van der Waals surface area contributed by atoms with E-state index < -0.39 is 0 Å². The van der Waals surface area contributed by atoms with Gasteiger partial charge in [0, 0.05) is 50.3 Å². The third-order valence-corrected chi connectivity index (χ3v) is 5.53. The van der Waals surface area contributed by atoms with Crippen LogP contribution in [0.15, 0.2) is 59.1 Å². The maximum atomic E-state index is 12.6. The van der Waals surface area contributed by atoms with Gasteiger partial charge in [0.25, 0.3) is 0 Å². The molecule has 0 unspecified atom stereocenters. The van der Waals surface area contributed by atoms with Crippen LogP contribution in [-0.4, -0.2) is 42.0 Å². The second-order valence-electron chi connectivity index (χ2n) is 7.64. The molecule has 0 bridgehead atoms. The molecule has 3 aromatic rings. The van der Waals surface area contributed by atoms with Crippen LogP contribution in [0, 0.1) is 13.8 Å². The number of carbonyl (C=O) groups is 1. The first-order chi connectivity index (χ1) is 14.1. The Morgan fingerprint density at radius 2 is 1.72 bits per heavy atom. The first kappa shape index (κ1) is 19.2. The lowest BCUT2D eigenvalue weighted by atomic mass is 10.1. The summed E-state index contributed by atoms with van der Waals surface area (Å²) in [5, 5.41) is 0. The minimum absolute atomic E-state index is 0.171. The fraction of sp³-hybridized carbons (Fsp3) is 0.333. The van der Waals surface area contributed by atoms with Gasteiger partial charge in [-0.3, -0.25) is 4.79 Å². The Kier molecular flexibility index (Phi) is 5.65. The zero-order chi connectivity index (χ0) is 20.2. The largest absolute Gasteiger partial charge is 0.441 e. The molecule has 1 aliphatic rings. The molecule has 0 N–H and O–H groups in total. The van der Waals surface area contributed by atoms with E-state index in [1.807, 2.05) is 17.0 Å². The number of hydrogen-bond donors (Lipinski definition) is 0. The first-order valence-corrected chi connectivity index (χ1v) is 10.2. The standard InChI is InChI=1S/C24H27N3O2/c1-18-7-9-20(10-8-18)22-17-25-23(29-22)11-12-24(28)27-15-13-26(14-16-27)21-6-4-3-5-19(21)2/h3-10,17H,11-16H2,1-2H3. The van der Waals surface area contributed by atoms with Crippen molar-refractivity contribution < 1.29 is 9.21 Å². The van der Waals surface area contributed by atoms with Crippen LogP contribution >= 0.6 is 0 Å². The number of aromatic nitrogens is 1. The number of amides is 1. The van der Waals surface area contributed by atoms with E-state index in [-0.39, 0.29) is 5.91 Å². The number of oxazole rings is 1. The third kappa shape index (κ3) is 4.50. The maximum absolute atomic E-state index is 12.6. The summed E-state index contributed by atoms with van der Waals surface area (Å²) in [6, 6.07) is 16.6. The van der Waals surface area contributed by atoms with Gasteiger partial charge >= 0.3 is 0 Å². The van der Waals surface area contributed by atoms with Crippen molar-refractivity contribution in [2.45, 2.75) is 26.7 Å². The van der Waals surface area contributed by atoms with Crippen molar-refractivity contribution in [2.24, 2.45) is 0 Å². The van der Waals surface area contributed by atoms with Crippen LogP contribution in [-0.2, 0) is 11.2 Å². The van der Waals surface area contributed by atoms with E-state index in [1.165, 1.54) is 16.8 Å². The monoisotopic (exact) mass is 389 g/mol. The van der Waals surface area contributed by atoms with Crippen molar-refractivity contribution in [1.82, 2.24) is 9.88 Å². The highest BCUT2D eigenvalue weighted by Crippen LogP contribution is 2.23. The minimum Gasteiger partial charge on any atom is -0.441 e. The zero-order valence-electron chi connectivity index (χ0n) is 17.1. The average molecular weight is 389 g/mol. The van der Waals surface area contributed by atoms with Crippen LogP contribution in [0.2, 0.25) is 0 Å². The fourth-order valence-corrected chi connectivity index (χ4v) is 3.76. The second kappa shape index (κ2) is 8.52. The quantitative estimate of drug-likeness (QED) is 0.655. The Morgan fingerprint density at radius 3 is 2.45 bits per heavy atom. The average Bonchev–Trinajstić information content (AvgIpc) is 3.22. The van der Waals surface area contributed by atoms with Gasteiger partial charge in [-0.2, -0.15) is 0 Å². The normalized spacial score (nSPS) is 14.3. The first-order valence-electron chi connectivity index (χ1n) is 10.2. The van der Waals surface area contributed by atoms with Crippen LogP contribution in [0.5, 0.6) is 0 Å². The number of aryl methyl sites for hydroxylation is 3. The molecule has 1 aromatic heterocycles. The van der Waals surface area contributed by atoms with Crippen LogP contribution in [0.4, 0.5) is 5.69 Å². The number of hydrogen-bond acceptors (Lipinski definition) is 4. The molecule has 29 heavy (non-hydrogen) atoms. The summed E-state index contributed by atoms with van der Waals surface area (Å²) < 4.78 is 5.85. The summed E-state index contributed by atoms with van der Waals surface area (Å²) in [7, 11) is 0. The van der Waals surface area contributed by atoms with E-state index in [0.29, 0.717) is 18.7 Å². The molecule has 0 atom stereocenters. The number of para-hydroxylation sites is 1. The van der Waals surface area contributed by atoms with E-state index in [4.69, 9.17) is 4.42 Å². The molecule has 1 amide bonds. The number of nitrogens with zero attached hydrogens (tertiary/aromatic N) is 3. The van der Waals surface area contributed by atoms with Crippen molar-refractivity contribution in [3.05, 3.63) is 71.7 Å². The Hall–Kier alpha value is -3.08. The molecule has 2 heterocycles. The SMILES string of the molecule is Cc1ccc(-c2cnc(CCC(=O)N3CCN(c4ccccc4C)CC3)o2)cc1. The van der Waals surface area contributed by atoms with Crippen LogP contribution in [0.3, 0.4) is 0 Å². The molecular formula is C24H27N3O2. The van der Waals surface area contributed by atoms with Gasteiger partial charge in [0.05, 0.1) is 6.20 Å². The lowest BCUT2D eigenvalue weighted by molar-refractivity contribution is -0.131. The number of carbonyl (C=O) groups excluding carboxylic acids is 1. The van der Waals surface area contributed by atoms with Crippen molar-refractivity contribution in [1.29, 1.82) is 0 Å². The lowest BCUT2D eigenvalue weighted by Crippen LogP contribution is -2.49. The molecule has 0 aliphatic carbocycles. The van der Waals surface area contributed by atoms with Gasteiger partial charge in [-0.25, -0.2) is 4.98 Å². The molecule has 1 aliphatic heterocycles. The predicted molar refractivity (Wildman–Crippen MR) is 115 cm³/mol. The van der Waals surface area contributed by atoms with Crippen LogP contribution in [0.25, 0.3) is 11.3 Å². The molecule has 150 valence electrons. The van der Waals surface area contributed by atoms with Crippen molar-refractivity contribution >= 4 is 11.6 Å². The summed E-state index contributed by atoms with van der Waals surface area (Å²) in [6.45, 7) is 7.44. The number of piperazine rings is 1. The second-order valence-corrected chi connectivity index (χ2v) is 7.64. The lowest BCUT2D eigenvalue weighted by Gasteiger charge is -2.36. The molecule has 4 rings (SSSR count). The van der Waals surface area contributed by atoms with Gasteiger partial charge in [-0.15, -0.1) is 0 Å². The van der Waals surface area contributed by atoms with Crippen LogP contribution in [0.1, 0.15) is 23.4 Å². The van der Waals surface area contributed by atoms with Crippen LogP contribution < -0.4 is 4.90 Å². The molecule has 2 aromatic carbocycles. The highest BCUT2D eigenvalue weighted by molar-refractivity contribution is 5.76. The zero-order valence-corrected chi connectivity index (χ0v) is 17.1. The van der Waals surface area contributed by atoms with Crippen molar-refractivity contribution in [3.8, 4) is 11.3 Å². The Labute approximate surface area is 172 Å². The number of anilines is 1. The highest BCUT2D eigenvalue weighted by Gasteiger charge is 2.22. The minimum atomic E-state index is 0.171. The molecule has 5 heteroatoms. The van der Waals surface area contributed by atoms with Gasteiger partial charge in [-0.05, 0) is 25.5 Å². The summed E-state index contributed by atoms with van der Waals surface area (Å²) in [6.07, 6.45) is 2.70. The molecule has 0 spiro atoms.